The van der Waals surface area contributed by atoms with Crippen molar-refractivity contribution in [2.75, 3.05) is 26.8 Å². The summed E-state index contributed by atoms with van der Waals surface area (Å²) in [6.07, 6.45) is 8.24. The summed E-state index contributed by atoms with van der Waals surface area (Å²) in [7, 11) is 1.70. The van der Waals surface area contributed by atoms with Crippen molar-refractivity contribution in [3.05, 3.63) is 41.3 Å². The van der Waals surface area contributed by atoms with Crippen LogP contribution in [0, 0.1) is 6.92 Å². The Kier molecular flexibility index (Phi) is 4.95. The van der Waals surface area contributed by atoms with E-state index >= 15 is 0 Å². The lowest BCUT2D eigenvalue weighted by atomic mass is 9.76. The average Bonchev–Trinajstić information content (AvgIpc) is 3.42. The molecule has 1 saturated heterocycles. The van der Waals surface area contributed by atoms with Crippen LogP contribution in [0.25, 0.3) is 0 Å². The van der Waals surface area contributed by atoms with Gasteiger partial charge in [-0.1, -0.05) is 5.16 Å². The van der Waals surface area contributed by atoms with E-state index in [2.05, 4.69) is 10.1 Å². The van der Waals surface area contributed by atoms with Crippen LogP contribution in [-0.2, 0) is 10.2 Å². The molecule has 27 heavy (non-hydrogen) atoms. The molecule has 0 spiro atoms. The first-order valence-electron chi connectivity index (χ1n) is 9.65. The van der Waals surface area contributed by atoms with E-state index in [0.29, 0.717) is 24.6 Å². The minimum Gasteiger partial charge on any atom is -0.385 e. The molecule has 0 N–H and O–H groups in total. The van der Waals surface area contributed by atoms with Gasteiger partial charge in [0.25, 0.3) is 5.91 Å². The lowest BCUT2D eigenvalue weighted by Gasteiger charge is -2.41. The summed E-state index contributed by atoms with van der Waals surface area (Å²) in [5.41, 5.74) is 1.29. The van der Waals surface area contributed by atoms with Gasteiger partial charge in [0.1, 0.15) is 0 Å². The van der Waals surface area contributed by atoms with Crippen LogP contribution < -0.4 is 0 Å². The molecule has 1 aliphatic heterocycles. The van der Waals surface area contributed by atoms with E-state index in [0.717, 1.165) is 55.9 Å². The molecule has 1 unspecified atom stereocenters. The predicted molar refractivity (Wildman–Crippen MR) is 98.6 cm³/mol. The Bertz CT molecular complexity index is 817. The van der Waals surface area contributed by atoms with Crippen molar-refractivity contribution in [3.8, 4) is 0 Å². The molecule has 1 amide bonds. The maximum Gasteiger partial charge on any atom is 0.255 e. The molecule has 2 aromatic heterocycles. The van der Waals surface area contributed by atoms with Crippen LogP contribution in [0.2, 0.25) is 0 Å². The van der Waals surface area contributed by atoms with Crippen molar-refractivity contribution in [3.63, 3.8) is 0 Å². The van der Waals surface area contributed by atoms with Crippen LogP contribution in [0.15, 0.2) is 23.0 Å². The highest BCUT2D eigenvalue weighted by atomic mass is 16.5. The number of pyridine rings is 1. The van der Waals surface area contributed by atoms with E-state index in [1.165, 1.54) is 0 Å². The monoisotopic (exact) mass is 370 g/mol. The van der Waals surface area contributed by atoms with Crippen molar-refractivity contribution in [1.29, 1.82) is 0 Å². The van der Waals surface area contributed by atoms with E-state index in [-0.39, 0.29) is 11.3 Å². The molecule has 0 aromatic carbocycles. The van der Waals surface area contributed by atoms with Gasteiger partial charge in [-0.05, 0) is 50.7 Å². The number of aryl methyl sites for hydroxylation is 1. The van der Waals surface area contributed by atoms with Crippen LogP contribution in [0.3, 0.4) is 0 Å². The fourth-order valence-electron chi connectivity index (χ4n) is 3.90. The van der Waals surface area contributed by atoms with Gasteiger partial charge in [0.2, 0.25) is 5.89 Å². The van der Waals surface area contributed by atoms with E-state index in [1.807, 2.05) is 17.9 Å². The molecule has 7 heteroatoms. The summed E-state index contributed by atoms with van der Waals surface area (Å²) in [6, 6.07) is 1.89. The average molecular weight is 370 g/mol. The van der Waals surface area contributed by atoms with Crippen molar-refractivity contribution >= 4 is 5.91 Å². The molecule has 3 heterocycles. The molecule has 7 nitrogen and oxygen atoms in total. The number of piperidine rings is 1. The van der Waals surface area contributed by atoms with Gasteiger partial charge in [0.05, 0.1) is 11.0 Å². The SMILES string of the molecule is COCCC1(c2noc(C3CC3)n2)CCCN(C(=O)c2cncc(C)c2)C1. The van der Waals surface area contributed by atoms with Crippen LogP contribution in [0.5, 0.6) is 0 Å². The van der Waals surface area contributed by atoms with Crippen molar-refractivity contribution in [2.24, 2.45) is 0 Å². The van der Waals surface area contributed by atoms with Gasteiger partial charge < -0.3 is 14.2 Å². The Morgan fingerprint density at radius 2 is 2.26 bits per heavy atom. The smallest absolute Gasteiger partial charge is 0.255 e. The third-order valence-corrected chi connectivity index (χ3v) is 5.61. The molecule has 0 bridgehead atoms. The fourth-order valence-corrected chi connectivity index (χ4v) is 3.90. The Morgan fingerprint density at radius 1 is 1.41 bits per heavy atom. The first kappa shape index (κ1) is 18.1. The second-order valence-electron chi connectivity index (χ2n) is 7.83. The molecule has 2 fully saturated rings. The molecule has 2 aromatic rings. The van der Waals surface area contributed by atoms with Crippen molar-refractivity contribution in [1.82, 2.24) is 20.0 Å². The third kappa shape index (κ3) is 3.74. The molecule has 144 valence electrons. The zero-order valence-electron chi connectivity index (χ0n) is 16.0. The van der Waals surface area contributed by atoms with Gasteiger partial charge in [0.15, 0.2) is 5.82 Å². The normalized spacial score (nSPS) is 22.8. The number of hydrogen-bond donors (Lipinski definition) is 0. The van der Waals surface area contributed by atoms with Crippen molar-refractivity contribution in [2.45, 2.75) is 50.4 Å². The van der Waals surface area contributed by atoms with E-state index in [9.17, 15) is 4.79 Å². The van der Waals surface area contributed by atoms with Gasteiger partial charge in [-0.2, -0.15) is 4.98 Å². The molecule has 0 radical (unpaired) electrons. The predicted octanol–water partition coefficient (Wildman–Crippen LogP) is 2.86. The summed E-state index contributed by atoms with van der Waals surface area (Å²) in [5, 5.41) is 4.31. The summed E-state index contributed by atoms with van der Waals surface area (Å²) >= 11 is 0. The maximum absolute atomic E-state index is 13.1. The molecule has 1 aliphatic carbocycles. The first-order valence-corrected chi connectivity index (χ1v) is 9.65. The summed E-state index contributed by atoms with van der Waals surface area (Å²) in [6.45, 7) is 3.85. The molecular formula is C20H26N4O3. The highest BCUT2D eigenvalue weighted by Gasteiger charge is 2.43. The number of ether oxygens (including phenoxy) is 1. The standard InChI is InChI=1S/C20H26N4O3/c1-14-10-16(12-21-11-14)18(25)24-8-3-6-20(13-24,7-9-26-2)19-22-17(27-23-19)15-4-5-15/h10-12,15H,3-9,13H2,1-2H3. The lowest BCUT2D eigenvalue weighted by Crippen LogP contribution is -2.49. The van der Waals surface area contributed by atoms with Gasteiger partial charge in [-0.25, -0.2) is 0 Å². The Hall–Kier alpha value is -2.28. The van der Waals surface area contributed by atoms with Crippen LogP contribution in [-0.4, -0.2) is 52.7 Å². The number of carbonyl (C=O) groups is 1. The minimum absolute atomic E-state index is 0.0126. The van der Waals surface area contributed by atoms with E-state index in [4.69, 9.17) is 14.2 Å². The minimum atomic E-state index is -0.322. The van der Waals surface area contributed by atoms with Gasteiger partial charge in [-0.3, -0.25) is 9.78 Å². The molecule has 4 rings (SSSR count). The van der Waals surface area contributed by atoms with Crippen molar-refractivity contribution < 1.29 is 14.1 Å². The Balaban J connectivity index is 1.59. The van der Waals surface area contributed by atoms with Gasteiger partial charge in [-0.15, -0.1) is 0 Å². The first-order chi connectivity index (χ1) is 13.1. The third-order valence-electron chi connectivity index (χ3n) is 5.61. The second-order valence-corrected chi connectivity index (χ2v) is 7.83. The number of hydrogen-bond acceptors (Lipinski definition) is 6. The number of aromatic nitrogens is 3. The molecule has 1 atom stereocenters. The largest absolute Gasteiger partial charge is 0.385 e. The Labute approximate surface area is 159 Å². The van der Waals surface area contributed by atoms with Crippen LogP contribution in [0.4, 0.5) is 0 Å². The topological polar surface area (TPSA) is 81.4 Å². The van der Waals surface area contributed by atoms with E-state index < -0.39 is 0 Å². The number of amides is 1. The van der Waals surface area contributed by atoms with E-state index in [1.54, 1.807) is 19.5 Å². The molecule has 1 saturated carbocycles. The number of nitrogens with zero attached hydrogens (tertiary/aromatic N) is 4. The lowest BCUT2D eigenvalue weighted by molar-refractivity contribution is 0.0566. The number of likely N-dealkylation sites (tertiary alicyclic amines) is 1. The fraction of sp³-hybridized carbons (Fsp3) is 0.600. The summed E-state index contributed by atoms with van der Waals surface area (Å²) in [4.78, 5) is 23.8. The second kappa shape index (κ2) is 7.38. The zero-order valence-corrected chi connectivity index (χ0v) is 16.0. The zero-order chi connectivity index (χ0) is 18.9. The number of methoxy groups -OCH3 is 1. The van der Waals surface area contributed by atoms with Crippen LogP contribution >= 0.6 is 0 Å². The Morgan fingerprint density at radius 3 is 3.00 bits per heavy atom. The molecular weight excluding hydrogens is 344 g/mol. The molecule has 2 aliphatic rings. The number of carbonyl (C=O) groups excluding carboxylic acids is 1. The maximum atomic E-state index is 13.1. The summed E-state index contributed by atoms with van der Waals surface area (Å²) < 4.78 is 10.9. The number of rotatable bonds is 6. The van der Waals surface area contributed by atoms with Gasteiger partial charge in [0, 0.05) is 45.1 Å². The summed E-state index contributed by atoms with van der Waals surface area (Å²) in [5.74, 6) is 1.90. The van der Waals surface area contributed by atoms with Crippen LogP contribution in [0.1, 0.15) is 65.7 Å². The quantitative estimate of drug-likeness (QED) is 0.778. The van der Waals surface area contributed by atoms with Gasteiger partial charge >= 0.3 is 0 Å². The highest BCUT2D eigenvalue weighted by molar-refractivity contribution is 5.94. The highest BCUT2D eigenvalue weighted by Crippen LogP contribution is 2.41.